The maximum absolute atomic E-state index is 14.8. The Morgan fingerprint density at radius 2 is 2.22 bits per heavy atom. The smallest absolute Gasteiger partial charge is 0.191 e. The van der Waals surface area contributed by atoms with Crippen molar-refractivity contribution >= 4 is 28.7 Å². The second kappa shape index (κ2) is 10.5. The van der Waals surface area contributed by atoms with Crippen LogP contribution in [-0.2, 0) is 4.74 Å². The summed E-state index contributed by atoms with van der Waals surface area (Å²) in [6.07, 6.45) is -6.25. The Kier molecular flexibility index (Phi) is 4.82. The van der Waals surface area contributed by atoms with Crippen molar-refractivity contribution in [3.8, 4) is 0 Å². The van der Waals surface area contributed by atoms with Gasteiger partial charge in [-0.15, -0.1) is 5.10 Å². The van der Waals surface area contributed by atoms with Gasteiger partial charge in [0, 0.05) is 28.2 Å². The van der Waals surface area contributed by atoms with Crippen LogP contribution in [-0.4, -0.2) is 83.5 Å². The molecular formula is C24H31FN6O4S. The first kappa shape index (κ1) is 16.5. The Balaban J connectivity index is 1.57. The van der Waals surface area contributed by atoms with E-state index < -0.39 is 85.3 Å². The van der Waals surface area contributed by atoms with Crippen LogP contribution in [0.4, 0.5) is 10.2 Å². The average Bonchev–Trinajstić information content (AvgIpc) is 3.34. The van der Waals surface area contributed by atoms with Crippen LogP contribution < -0.4 is 5.32 Å². The number of nitrogens with zero attached hydrogens (tertiary/aromatic N) is 5. The van der Waals surface area contributed by atoms with E-state index in [4.69, 9.17) is 17.1 Å². The van der Waals surface area contributed by atoms with Gasteiger partial charge in [-0.05, 0) is 36.9 Å². The van der Waals surface area contributed by atoms with E-state index in [9.17, 15) is 19.7 Å². The summed E-state index contributed by atoms with van der Waals surface area (Å²) in [6.45, 7) is -0.345. The van der Waals surface area contributed by atoms with E-state index in [1.54, 1.807) is 0 Å². The highest BCUT2D eigenvalue weighted by Gasteiger charge is 2.45. The van der Waals surface area contributed by atoms with Crippen molar-refractivity contribution in [2.24, 2.45) is 0 Å². The summed E-state index contributed by atoms with van der Waals surface area (Å²) in [4.78, 5) is 8.84. The second-order valence-corrected chi connectivity index (χ2v) is 9.45. The third-order valence-corrected chi connectivity index (χ3v) is 6.94. The summed E-state index contributed by atoms with van der Waals surface area (Å²) in [7, 11) is 0. The largest absolute Gasteiger partial charge is 0.394 e. The van der Waals surface area contributed by atoms with E-state index >= 15 is 0 Å². The van der Waals surface area contributed by atoms with E-state index in [0.29, 0.717) is 12.2 Å². The quantitative estimate of drug-likeness (QED) is 0.229. The van der Waals surface area contributed by atoms with Gasteiger partial charge >= 0.3 is 0 Å². The summed E-state index contributed by atoms with van der Waals surface area (Å²) in [6, 6.07) is -5.98. The standard InChI is InChI=1S/C24H31FN6O4S/c1-3-8-36-24-27-22(26-16-10-14(16)13-5-4-12(2)15(25)9-13)19-23(28-24)31(30-29-19)17-11-18(35-7-6-32)21(34)20(17)33/h4-5,9,14,16-18,20-21,32-34H,3,6-8,10-11H2,1-2H3,(H,26,27,28)/t14-,16+,17+,18-,20-,21+/m0/s1/i4D,5D,6D2,9D,10D2,14D,16D. The van der Waals surface area contributed by atoms with E-state index in [-0.39, 0.29) is 34.1 Å². The van der Waals surface area contributed by atoms with Crippen LogP contribution in [0.2, 0.25) is 0 Å². The first-order valence-corrected chi connectivity index (χ1v) is 12.3. The molecule has 0 spiro atoms. The molecule has 4 N–H and O–H groups in total. The van der Waals surface area contributed by atoms with Gasteiger partial charge in [-0.1, -0.05) is 36.0 Å². The molecule has 6 atom stereocenters. The summed E-state index contributed by atoms with van der Waals surface area (Å²) < 4.78 is 95.6. The van der Waals surface area contributed by atoms with Crippen LogP contribution >= 0.6 is 11.8 Å². The number of nitrogens with one attached hydrogen (secondary N) is 1. The van der Waals surface area contributed by atoms with Gasteiger partial charge in [-0.25, -0.2) is 19.0 Å². The van der Waals surface area contributed by atoms with Crippen molar-refractivity contribution in [3.63, 3.8) is 0 Å². The summed E-state index contributed by atoms with van der Waals surface area (Å²) >= 11 is 1.20. The molecule has 2 fully saturated rings. The predicted octanol–water partition coefficient (Wildman–Crippen LogP) is 2.18. The fourth-order valence-electron chi connectivity index (χ4n) is 3.96. The summed E-state index contributed by atoms with van der Waals surface area (Å²) in [5, 5.41) is 41.6. The van der Waals surface area contributed by atoms with Gasteiger partial charge < -0.3 is 25.4 Å². The van der Waals surface area contributed by atoms with Gasteiger partial charge in [0.25, 0.3) is 0 Å². The van der Waals surface area contributed by atoms with E-state index in [0.717, 1.165) is 0 Å². The number of halogens is 1. The van der Waals surface area contributed by atoms with Crippen LogP contribution in [0.15, 0.2) is 23.3 Å². The Hall–Kier alpha value is -2.38. The summed E-state index contributed by atoms with van der Waals surface area (Å²) in [5.74, 6) is -3.62. The average molecular weight is 528 g/mol. The number of thioether (sulfide) groups is 1. The SMILES string of the molecule is [2H]c1c([2H])c([C@]2([2H])C([2H])([2H])[C@@]2([2H])Nc2nc(SCCC)nc3c2nnn3[C@@H]2C[C@H](OCC([2H])([2H])O)[C@@H](O)[C@H]2O)c([2H])c(F)c1C. The molecule has 12 heteroatoms. The first-order valence-electron chi connectivity index (χ1n) is 15.8. The normalized spacial score (nSPS) is 37.1. The molecule has 0 amide bonds. The minimum atomic E-state index is -2.82. The molecule has 36 heavy (non-hydrogen) atoms. The van der Waals surface area contributed by atoms with Crippen LogP contribution in [0.3, 0.4) is 0 Å². The maximum atomic E-state index is 14.8. The molecule has 10 nitrogen and oxygen atoms in total. The molecule has 2 heterocycles. The number of aliphatic hydroxyl groups excluding tert-OH is 2. The van der Waals surface area contributed by atoms with Crippen molar-refractivity contribution in [3.05, 3.63) is 35.1 Å². The molecule has 0 aliphatic heterocycles. The van der Waals surface area contributed by atoms with Crippen LogP contribution in [0.5, 0.6) is 0 Å². The molecule has 3 aromatic rings. The van der Waals surface area contributed by atoms with Gasteiger partial charge in [0.1, 0.15) is 18.0 Å². The van der Waals surface area contributed by atoms with Crippen molar-refractivity contribution in [1.82, 2.24) is 25.0 Å². The monoisotopic (exact) mass is 527 g/mol. The molecule has 5 rings (SSSR count). The third kappa shape index (κ3) is 4.92. The lowest BCUT2D eigenvalue weighted by Crippen LogP contribution is -2.33. The molecular weight excluding hydrogens is 487 g/mol. The minimum absolute atomic E-state index is 0.00179. The number of benzene rings is 1. The third-order valence-electron chi connectivity index (χ3n) is 5.88. The highest BCUT2D eigenvalue weighted by molar-refractivity contribution is 7.99. The zero-order valence-electron chi connectivity index (χ0n) is 28.4. The lowest BCUT2D eigenvalue weighted by Gasteiger charge is -2.17. The first-order chi connectivity index (χ1) is 20.8. The number of fused-ring (bicyclic) bond motifs is 1. The Bertz CT molecular complexity index is 1620. The van der Waals surface area contributed by atoms with Crippen molar-refractivity contribution in [2.75, 3.05) is 24.2 Å². The van der Waals surface area contributed by atoms with Gasteiger partial charge in [0.2, 0.25) is 0 Å². The zero-order valence-corrected chi connectivity index (χ0v) is 20.2. The highest BCUT2D eigenvalue weighted by Crippen LogP contribution is 2.44. The molecule has 194 valence electrons. The topological polar surface area (TPSA) is 138 Å². The van der Waals surface area contributed by atoms with E-state index in [2.05, 4.69) is 25.6 Å². The predicted molar refractivity (Wildman–Crippen MR) is 133 cm³/mol. The molecule has 1 aromatic carbocycles. The lowest BCUT2D eigenvalue weighted by atomic mass is 10.1. The highest BCUT2D eigenvalue weighted by atomic mass is 32.2. The fraction of sp³-hybridized carbons (Fsp3) is 0.583. The van der Waals surface area contributed by atoms with Gasteiger partial charge in [-0.3, -0.25) is 0 Å². The van der Waals surface area contributed by atoms with Crippen molar-refractivity contribution < 1.29 is 36.8 Å². The second-order valence-electron chi connectivity index (χ2n) is 8.39. The van der Waals surface area contributed by atoms with Crippen molar-refractivity contribution in [1.29, 1.82) is 0 Å². The number of ether oxygens (including phenoxy) is 1. The number of rotatable bonds is 10. The number of hydrogen-bond donors (Lipinski definition) is 4. The maximum Gasteiger partial charge on any atom is 0.191 e. The molecule has 2 saturated carbocycles. The lowest BCUT2D eigenvalue weighted by molar-refractivity contribution is -0.0629. The van der Waals surface area contributed by atoms with Crippen LogP contribution in [0, 0.1) is 12.7 Å². The molecule has 2 aliphatic carbocycles. The number of anilines is 1. The van der Waals surface area contributed by atoms with E-state index in [1.165, 1.54) is 23.4 Å². The molecule has 0 radical (unpaired) electrons. The number of aromatic nitrogens is 5. The van der Waals surface area contributed by atoms with Crippen molar-refractivity contribution in [2.45, 2.75) is 74.5 Å². The Morgan fingerprint density at radius 1 is 1.39 bits per heavy atom. The van der Waals surface area contributed by atoms with Gasteiger partial charge in [0.15, 0.2) is 22.1 Å². The molecule has 2 aromatic heterocycles. The number of hydrogen-bond acceptors (Lipinski definition) is 10. The molecule has 0 bridgehead atoms. The number of aliphatic hydroxyl groups is 3. The summed E-state index contributed by atoms with van der Waals surface area (Å²) in [5.41, 5.74) is -1.19. The van der Waals surface area contributed by atoms with Gasteiger partial charge in [0.05, 0.1) is 33.5 Å². The zero-order chi connectivity index (χ0) is 33.4. The van der Waals surface area contributed by atoms with Crippen LogP contribution in [0.25, 0.3) is 11.2 Å². The minimum Gasteiger partial charge on any atom is -0.394 e. The van der Waals surface area contributed by atoms with E-state index in [1.807, 2.05) is 6.92 Å². The fourth-order valence-corrected chi connectivity index (χ4v) is 4.66. The molecule has 2 aliphatic rings. The Labute approximate surface area is 224 Å². The molecule has 0 saturated heterocycles. The molecule has 0 unspecified atom stereocenters. The van der Waals surface area contributed by atoms with Crippen LogP contribution in [0.1, 0.15) is 61.5 Å². The Morgan fingerprint density at radius 3 is 3.00 bits per heavy atom. The van der Waals surface area contributed by atoms with Gasteiger partial charge in [-0.2, -0.15) is 0 Å².